The Morgan fingerprint density at radius 3 is 3.18 bits per heavy atom. The highest BCUT2D eigenvalue weighted by Gasteiger charge is 2.17. The zero-order chi connectivity index (χ0) is 7.68. The van der Waals surface area contributed by atoms with Crippen molar-refractivity contribution in [1.29, 1.82) is 0 Å². The van der Waals surface area contributed by atoms with Crippen molar-refractivity contribution >= 4 is 5.95 Å². The van der Waals surface area contributed by atoms with Crippen LogP contribution in [0, 0.1) is 0 Å². The number of rotatable bonds is 1. The van der Waals surface area contributed by atoms with E-state index in [0.717, 1.165) is 19.5 Å². The first kappa shape index (κ1) is 6.67. The standard InChI is InChI=1S/C7H12N4/c8-7-10-3-4-11(7)6-1-2-9-5-6/h3-4,6,9H,1-2,5H2,(H2,8,10). The van der Waals surface area contributed by atoms with E-state index in [1.807, 2.05) is 10.8 Å². The van der Waals surface area contributed by atoms with E-state index in [1.165, 1.54) is 0 Å². The second kappa shape index (κ2) is 2.54. The summed E-state index contributed by atoms with van der Waals surface area (Å²) in [6.45, 7) is 2.10. The summed E-state index contributed by atoms with van der Waals surface area (Å²) < 4.78 is 2.03. The van der Waals surface area contributed by atoms with Crippen LogP contribution in [0.2, 0.25) is 0 Å². The third-order valence-corrected chi connectivity index (χ3v) is 2.13. The summed E-state index contributed by atoms with van der Waals surface area (Å²) in [5, 5.41) is 3.28. The predicted octanol–water partition coefficient (Wildman–Crippen LogP) is -0.000300. The van der Waals surface area contributed by atoms with Crippen molar-refractivity contribution in [2.45, 2.75) is 12.5 Å². The van der Waals surface area contributed by atoms with Crippen LogP contribution in [0.3, 0.4) is 0 Å². The summed E-state index contributed by atoms with van der Waals surface area (Å²) in [5.74, 6) is 0.624. The second-order valence-corrected chi connectivity index (χ2v) is 2.84. The fraction of sp³-hybridized carbons (Fsp3) is 0.571. The van der Waals surface area contributed by atoms with Gasteiger partial charge in [-0.05, 0) is 13.0 Å². The maximum absolute atomic E-state index is 5.64. The number of nitrogen functional groups attached to an aromatic ring is 1. The Balaban J connectivity index is 2.21. The molecule has 0 aromatic carbocycles. The number of aromatic nitrogens is 2. The normalized spacial score (nSPS) is 24.2. The molecule has 0 saturated carbocycles. The summed E-state index contributed by atoms with van der Waals surface area (Å²) in [4.78, 5) is 3.97. The minimum atomic E-state index is 0.512. The summed E-state index contributed by atoms with van der Waals surface area (Å²) in [6.07, 6.45) is 4.83. The first-order chi connectivity index (χ1) is 5.38. The molecule has 1 aromatic rings. The SMILES string of the molecule is Nc1nccn1C1CCNC1. The average Bonchev–Trinajstić information content (AvgIpc) is 2.55. The molecule has 1 atom stereocenters. The predicted molar refractivity (Wildman–Crippen MR) is 43.2 cm³/mol. The monoisotopic (exact) mass is 152 g/mol. The summed E-state index contributed by atoms with van der Waals surface area (Å²) in [7, 11) is 0. The lowest BCUT2D eigenvalue weighted by atomic mass is 10.2. The molecule has 2 rings (SSSR count). The smallest absolute Gasteiger partial charge is 0.200 e. The van der Waals surface area contributed by atoms with Gasteiger partial charge in [-0.3, -0.25) is 0 Å². The molecule has 4 heteroatoms. The summed E-state index contributed by atoms with van der Waals surface area (Å²) in [6, 6.07) is 0.512. The van der Waals surface area contributed by atoms with Crippen LogP contribution >= 0.6 is 0 Å². The van der Waals surface area contributed by atoms with Gasteiger partial charge in [-0.15, -0.1) is 0 Å². The number of nitrogens with two attached hydrogens (primary N) is 1. The molecule has 60 valence electrons. The van der Waals surface area contributed by atoms with E-state index < -0.39 is 0 Å². The largest absolute Gasteiger partial charge is 0.369 e. The highest BCUT2D eigenvalue weighted by molar-refractivity contribution is 5.18. The number of hydrogen-bond acceptors (Lipinski definition) is 3. The third-order valence-electron chi connectivity index (χ3n) is 2.13. The lowest BCUT2D eigenvalue weighted by molar-refractivity contribution is 0.554. The molecule has 0 aliphatic carbocycles. The highest BCUT2D eigenvalue weighted by atomic mass is 15.2. The Morgan fingerprint density at radius 2 is 2.64 bits per heavy atom. The average molecular weight is 152 g/mol. The fourth-order valence-electron chi connectivity index (χ4n) is 1.51. The van der Waals surface area contributed by atoms with E-state index in [4.69, 9.17) is 5.73 Å². The van der Waals surface area contributed by atoms with Gasteiger partial charge in [-0.1, -0.05) is 0 Å². The summed E-state index contributed by atoms with van der Waals surface area (Å²) >= 11 is 0. The second-order valence-electron chi connectivity index (χ2n) is 2.84. The quantitative estimate of drug-likeness (QED) is 0.595. The molecule has 1 saturated heterocycles. The van der Waals surface area contributed by atoms with Crippen molar-refractivity contribution in [1.82, 2.24) is 14.9 Å². The van der Waals surface area contributed by atoms with E-state index >= 15 is 0 Å². The lowest BCUT2D eigenvalue weighted by Crippen LogP contribution is -2.14. The van der Waals surface area contributed by atoms with E-state index in [1.54, 1.807) is 6.20 Å². The van der Waals surface area contributed by atoms with Gasteiger partial charge in [0.15, 0.2) is 5.95 Å². The molecule has 0 spiro atoms. The van der Waals surface area contributed by atoms with Gasteiger partial charge in [-0.2, -0.15) is 0 Å². The Morgan fingerprint density at radius 1 is 1.73 bits per heavy atom. The van der Waals surface area contributed by atoms with Crippen LogP contribution in [0.4, 0.5) is 5.95 Å². The number of imidazole rings is 1. The molecule has 0 amide bonds. The maximum Gasteiger partial charge on any atom is 0.200 e. The van der Waals surface area contributed by atoms with Gasteiger partial charge in [0.05, 0.1) is 6.04 Å². The number of anilines is 1. The molecule has 1 unspecified atom stereocenters. The molecule has 2 heterocycles. The maximum atomic E-state index is 5.64. The molecule has 1 fully saturated rings. The minimum Gasteiger partial charge on any atom is -0.369 e. The molecular formula is C7H12N4. The Labute approximate surface area is 65.4 Å². The Kier molecular flexibility index (Phi) is 1.54. The molecule has 4 nitrogen and oxygen atoms in total. The van der Waals surface area contributed by atoms with E-state index in [9.17, 15) is 0 Å². The van der Waals surface area contributed by atoms with E-state index in [-0.39, 0.29) is 0 Å². The van der Waals surface area contributed by atoms with Crippen molar-refractivity contribution in [3.63, 3.8) is 0 Å². The highest BCUT2D eigenvalue weighted by Crippen LogP contribution is 2.17. The van der Waals surface area contributed by atoms with Crippen LogP contribution in [-0.2, 0) is 0 Å². The molecule has 11 heavy (non-hydrogen) atoms. The minimum absolute atomic E-state index is 0.512. The zero-order valence-electron chi connectivity index (χ0n) is 6.33. The zero-order valence-corrected chi connectivity index (χ0v) is 6.33. The molecule has 1 aliphatic heterocycles. The fourth-order valence-corrected chi connectivity index (χ4v) is 1.51. The van der Waals surface area contributed by atoms with Gasteiger partial charge < -0.3 is 15.6 Å². The van der Waals surface area contributed by atoms with Crippen LogP contribution in [-0.4, -0.2) is 22.6 Å². The van der Waals surface area contributed by atoms with Crippen LogP contribution < -0.4 is 11.1 Å². The van der Waals surface area contributed by atoms with Crippen molar-refractivity contribution in [3.8, 4) is 0 Å². The number of nitrogens with one attached hydrogen (secondary N) is 1. The van der Waals surface area contributed by atoms with Gasteiger partial charge in [-0.25, -0.2) is 4.98 Å². The van der Waals surface area contributed by atoms with Gasteiger partial charge in [0.2, 0.25) is 0 Å². The van der Waals surface area contributed by atoms with Gasteiger partial charge in [0.1, 0.15) is 0 Å². The van der Waals surface area contributed by atoms with E-state index in [0.29, 0.717) is 12.0 Å². The van der Waals surface area contributed by atoms with Crippen molar-refractivity contribution < 1.29 is 0 Å². The molecule has 1 aliphatic rings. The first-order valence-corrected chi connectivity index (χ1v) is 3.87. The Hall–Kier alpha value is -1.03. The van der Waals surface area contributed by atoms with Gasteiger partial charge >= 0.3 is 0 Å². The van der Waals surface area contributed by atoms with Crippen LogP contribution in [0.15, 0.2) is 12.4 Å². The molecule has 1 aromatic heterocycles. The molecule has 0 radical (unpaired) electrons. The van der Waals surface area contributed by atoms with Crippen molar-refractivity contribution in [2.24, 2.45) is 0 Å². The molecule has 3 N–H and O–H groups in total. The van der Waals surface area contributed by atoms with Crippen molar-refractivity contribution in [3.05, 3.63) is 12.4 Å². The molecule has 0 bridgehead atoms. The van der Waals surface area contributed by atoms with Crippen LogP contribution in [0.1, 0.15) is 12.5 Å². The first-order valence-electron chi connectivity index (χ1n) is 3.87. The van der Waals surface area contributed by atoms with Crippen LogP contribution in [0.5, 0.6) is 0 Å². The third kappa shape index (κ3) is 1.09. The van der Waals surface area contributed by atoms with Gasteiger partial charge in [0.25, 0.3) is 0 Å². The molecular weight excluding hydrogens is 140 g/mol. The Bertz CT molecular complexity index is 236. The number of nitrogens with zero attached hydrogens (tertiary/aromatic N) is 2. The lowest BCUT2D eigenvalue weighted by Gasteiger charge is -2.10. The van der Waals surface area contributed by atoms with Crippen molar-refractivity contribution in [2.75, 3.05) is 18.8 Å². The summed E-state index contributed by atoms with van der Waals surface area (Å²) in [5.41, 5.74) is 5.64. The number of hydrogen-bond donors (Lipinski definition) is 2. The van der Waals surface area contributed by atoms with E-state index in [2.05, 4.69) is 10.3 Å². The van der Waals surface area contributed by atoms with Crippen LogP contribution in [0.25, 0.3) is 0 Å². The topological polar surface area (TPSA) is 55.9 Å². The van der Waals surface area contributed by atoms with Gasteiger partial charge in [0, 0.05) is 18.9 Å².